The molecule has 1 aliphatic rings. The highest BCUT2D eigenvalue weighted by Gasteiger charge is 2.32. The Kier molecular flexibility index (Phi) is 5.88. The average Bonchev–Trinajstić information content (AvgIpc) is 3.21. The molecule has 1 aliphatic heterocycles. The van der Waals surface area contributed by atoms with Gasteiger partial charge in [0.25, 0.3) is 5.91 Å². The van der Waals surface area contributed by atoms with E-state index in [1.807, 2.05) is 43.0 Å². The fourth-order valence-corrected chi connectivity index (χ4v) is 4.37. The summed E-state index contributed by atoms with van der Waals surface area (Å²) in [7, 11) is 0. The molecule has 1 atom stereocenters. The number of rotatable bonds is 5. The third-order valence-corrected chi connectivity index (χ3v) is 6.12. The molecule has 1 aromatic heterocycles. The van der Waals surface area contributed by atoms with Gasteiger partial charge in [0.2, 0.25) is 5.91 Å². The topological polar surface area (TPSA) is 65.2 Å². The van der Waals surface area contributed by atoms with Gasteiger partial charge in [0.15, 0.2) is 0 Å². The van der Waals surface area contributed by atoms with Crippen molar-refractivity contribution in [3.05, 3.63) is 71.9 Å². The first-order valence-electron chi connectivity index (χ1n) is 10.8. The minimum absolute atomic E-state index is 0.0201. The summed E-state index contributed by atoms with van der Waals surface area (Å²) in [5.74, 6) is 0.293. The van der Waals surface area contributed by atoms with Crippen LogP contribution in [0.5, 0.6) is 0 Å². The lowest BCUT2D eigenvalue weighted by Crippen LogP contribution is -2.52. The number of amides is 2. The maximum atomic E-state index is 13.2. The smallest absolute Gasteiger partial charge is 0.251 e. The zero-order valence-electron chi connectivity index (χ0n) is 17.6. The van der Waals surface area contributed by atoms with Gasteiger partial charge in [-0.1, -0.05) is 50.2 Å². The van der Waals surface area contributed by atoms with Crippen LogP contribution in [0, 0.1) is 5.92 Å². The lowest BCUT2D eigenvalue weighted by Gasteiger charge is -2.35. The number of aromatic amines is 1. The third kappa shape index (κ3) is 4.11. The number of carbonyl (C=O) groups excluding carboxylic acids is 2. The van der Waals surface area contributed by atoms with Crippen molar-refractivity contribution in [3.63, 3.8) is 0 Å². The molecule has 5 nitrogen and oxygen atoms in total. The fraction of sp³-hybridized carbons (Fsp3) is 0.360. The Hall–Kier alpha value is -3.08. The minimum Gasteiger partial charge on any atom is -0.361 e. The van der Waals surface area contributed by atoms with Gasteiger partial charge in [-0.15, -0.1) is 0 Å². The number of nitrogens with one attached hydrogen (secondary N) is 2. The van der Waals surface area contributed by atoms with Gasteiger partial charge in [0, 0.05) is 35.8 Å². The number of fused-ring (bicyclic) bond motifs is 1. The number of aromatic nitrogens is 1. The van der Waals surface area contributed by atoms with E-state index in [-0.39, 0.29) is 17.7 Å². The number of hydrogen-bond donors (Lipinski definition) is 2. The lowest BCUT2D eigenvalue weighted by molar-refractivity contribution is -0.135. The second-order valence-electron chi connectivity index (χ2n) is 8.45. The van der Waals surface area contributed by atoms with Crippen LogP contribution < -0.4 is 5.32 Å². The molecule has 1 unspecified atom stereocenters. The number of carbonyl (C=O) groups is 2. The van der Waals surface area contributed by atoms with Crippen LogP contribution in [0.25, 0.3) is 10.9 Å². The van der Waals surface area contributed by atoms with Gasteiger partial charge in [0.1, 0.15) is 6.04 Å². The molecule has 0 radical (unpaired) electrons. The summed E-state index contributed by atoms with van der Waals surface area (Å²) in [6.07, 6.45) is 3.99. The number of benzene rings is 2. The fourth-order valence-electron chi connectivity index (χ4n) is 4.37. The van der Waals surface area contributed by atoms with E-state index < -0.39 is 6.04 Å². The summed E-state index contributed by atoms with van der Waals surface area (Å²) in [5.41, 5.74) is 3.08. The van der Waals surface area contributed by atoms with Crippen molar-refractivity contribution in [3.8, 4) is 0 Å². The van der Waals surface area contributed by atoms with E-state index in [2.05, 4.69) is 34.7 Å². The Labute approximate surface area is 177 Å². The predicted octanol–water partition coefficient (Wildman–Crippen LogP) is 4.33. The summed E-state index contributed by atoms with van der Waals surface area (Å²) < 4.78 is 0. The molecule has 1 fully saturated rings. The van der Waals surface area contributed by atoms with Crippen LogP contribution in [0.15, 0.2) is 60.8 Å². The SMILES string of the molecule is CC(C)C(NC(=O)c1ccccc1)C(=O)N1CCC(c2c[nH]c3ccccc23)CC1. The molecule has 5 heteroatoms. The van der Waals surface area contributed by atoms with Crippen molar-refractivity contribution >= 4 is 22.7 Å². The van der Waals surface area contributed by atoms with E-state index in [1.54, 1.807) is 12.1 Å². The average molecular weight is 404 g/mol. The maximum absolute atomic E-state index is 13.2. The highest BCUT2D eigenvalue weighted by atomic mass is 16.2. The number of hydrogen-bond acceptors (Lipinski definition) is 2. The largest absolute Gasteiger partial charge is 0.361 e. The Morgan fingerprint density at radius 1 is 1.00 bits per heavy atom. The van der Waals surface area contributed by atoms with Crippen LogP contribution in [0.1, 0.15) is 48.5 Å². The predicted molar refractivity (Wildman–Crippen MR) is 119 cm³/mol. The monoisotopic (exact) mass is 403 g/mol. The van der Waals surface area contributed by atoms with Gasteiger partial charge in [-0.2, -0.15) is 0 Å². The summed E-state index contributed by atoms with van der Waals surface area (Å²) in [4.78, 5) is 31.1. The van der Waals surface area contributed by atoms with Gasteiger partial charge in [-0.05, 0) is 48.4 Å². The quantitative estimate of drug-likeness (QED) is 0.666. The number of H-pyrrole nitrogens is 1. The molecule has 0 spiro atoms. The van der Waals surface area contributed by atoms with Gasteiger partial charge in [-0.25, -0.2) is 0 Å². The molecule has 1 saturated heterocycles. The Balaban J connectivity index is 1.41. The molecule has 0 saturated carbocycles. The van der Waals surface area contributed by atoms with E-state index in [4.69, 9.17) is 0 Å². The molecule has 0 aliphatic carbocycles. The van der Waals surface area contributed by atoms with E-state index in [1.165, 1.54) is 10.9 Å². The molecule has 156 valence electrons. The minimum atomic E-state index is -0.512. The van der Waals surface area contributed by atoms with E-state index in [0.29, 0.717) is 24.6 Å². The van der Waals surface area contributed by atoms with Crippen molar-refractivity contribution in [2.24, 2.45) is 5.92 Å². The summed E-state index contributed by atoms with van der Waals surface area (Å²) in [6.45, 7) is 5.39. The Morgan fingerprint density at radius 3 is 2.37 bits per heavy atom. The standard InChI is InChI=1S/C25H29N3O2/c1-17(2)23(27-24(29)19-8-4-3-5-9-19)25(30)28-14-12-18(13-15-28)21-16-26-22-11-7-6-10-20(21)22/h3-11,16-18,23,26H,12-15H2,1-2H3,(H,27,29). The van der Waals surface area contributed by atoms with Gasteiger partial charge in [-0.3, -0.25) is 9.59 Å². The molecule has 2 aromatic carbocycles. The molecule has 2 amide bonds. The van der Waals surface area contributed by atoms with Gasteiger partial charge in [0.05, 0.1) is 0 Å². The van der Waals surface area contributed by atoms with Gasteiger partial charge >= 0.3 is 0 Å². The normalized spacial score (nSPS) is 16.0. The second kappa shape index (κ2) is 8.74. The van der Waals surface area contributed by atoms with Crippen LogP contribution >= 0.6 is 0 Å². The zero-order valence-corrected chi connectivity index (χ0v) is 17.6. The van der Waals surface area contributed by atoms with Crippen molar-refractivity contribution in [1.29, 1.82) is 0 Å². The zero-order chi connectivity index (χ0) is 21.1. The van der Waals surface area contributed by atoms with E-state index >= 15 is 0 Å². The van der Waals surface area contributed by atoms with Crippen LogP contribution in [0.4, 0.5) is 0 Å². The second-order valence-corrected chi connectivity index (χ2v) is 8.45. The lowest BCUT2D eigenvalue weighted by atomic mass is 9.88. The van der Waals surface area contributed by atoms with Gasteiger partial charge < -0.3 is 15.2 Å². The molecular weight excluding hydrogens is 374 g/mol. The van der Waals surface area contributed by atoms with Crippen LogP contribution in [-0.4, -0.2) is 40.8 Å². The van der Waals surface area contributed by atoms with Crippen LogP contribution in [-0.2, 0) is 4.79 Å². The molecule has 0 bridgehead atoms. The molecule has 4 rings (SSSR count). The molecule has 2 N–H and O–H groups in total. The first-order chi connectivity index (χ1) is 14.5. The number of para-hydroxylation sites is 1. The van der Waals surface area contributed by atoms with Crippen LogP contribution in [0.2, 0.25) is 0 Å². The summed E-state index contributed by atoms with van der Waals surface area (Å²) in [6, 6.07) is 16.9. The number of piperidine rings is 1. The Bertz CT molecular complexity index is 1020. The van der Waals surface area contributed by atoms with Crippen LogP contribution in [0.3, 0.4) is 0 Å². The number of nitrogens with zero attached hydrogens (tertiary/aromatic N) is 1. The van der Waals surface area contributed by atoms with Crippen molar-refractivity contribution in [1.82, 2.24) is 15.2 Å². The molecule has 30 heavy (non-hydrogen) atoms. The summed E-state index contributed by atoms with van der Waals surface area (Å²) in [5, 5.41) is 4.23. The number of likely N-dealkylation sites (tertiary alicyclic amines) is 1. The Morgan fingerprint density at radius 2 is 1.67 bits per heavy atom. The van der Waals surface area contributed by atoms with E-state index in [9.17, 15) is 9.59 Å². The highest BCUT2D eigenvalue weighted by molar-refractivity contribution is 5.97. The first kappa shape index (κ1) is 20.2. The van der Waals surface area contributed by atoms with Crippen molar-refractivity contribution in [2.45, 2.75) is 38.6 Å². The first-order valence-corrected chi connectivity index (χ1v) is 10.8. The maximum Gasteiger partial charge on any atom is 0.251 e. The summed E-state index contributed by atoms with van der Waals surface area (Å²) >= 11 is 0. The van der Waals surface area contributed by atoms with Crippen molar-refractivity contribution in [2.75, 3.05) is 13.1 Å². The highest BCUT2D eigenvalue weighted by Crippen LogP contribution is 2.33. The molecule has 3 aromatic rings. The van der Waals surface area contributed by atoms with E-state index in [0.717, 1.165) is 18.4 Å². The molecular formula is C25H29N3O2. The molecule has 2 heterocycles. The third-order valence-electron chi connectivity index (χ3n) is 6.12. The van der Waals surface area contributed by atoms with Crippen molar-refractivity contribution < 1.29 is 9.59 Å².